The second kappa shape index (κ2) is 5.81. The number of aromatic nitrogens is 2. The molecule has 2 aromatic carbocycles. The first-order valence-corrected chi connectivity index (χ1v) is 6.84. The summed E-state index contributed by atoms with van der Waals surface area (Å²) in [6.45, 7) is -0.712. The van der Waals surface area contributed by atoms with Crippen molar-refractivity contribution in [1.29, 1.82) is 0 Å². The van der Waals surface area contributed by atoms with E-state index in [1.165, 1.54) is 0 Å². The van der Waals surface area contributed by atoms with Crippen LogP contribution in [0.3, 0.4) is 0 Å². The van der Waals surface area contributed by atoms with E-state index in [1.54, 1.807) is 36.4 Å². The number of alkyl halides is 2. The number of aromatic amines is 2. The summed E-state index contributed by atoms with van der Waals surface area (Å²) in [7, 11) is 0. The molecule has 0 saturated carbocycles. The molecule has 4 nitrogen and oxygen atoms in total. The van der Waals surface area contributed by atoms with Crippen LogP contribution in [-0.4, -0.2) is 23.0 Å². The van der Waals surface area contributed by atoms with Crippen LogP contribution in [0, 0.1) is 0 Å². The van der Waals surface area contributed by atoms with Gasteiger partial charge in [-0.2, -0.15) is 0 Å². The van der Waals surface area contributed by atoms with Gasteiger partial charge in [-0.3, -0.25) is 0 Å². The number of imidazole rings is 1. The highest BCUT2D eigenvalue weighted by molar-refractivity contribution is 6.33. The highest BCUT2D eigenvalue weighted by Gasteiger charge is 2.14. The van der Waals surface area contributed by atoms with Crippen LogP contribution in [0.1, 0.15) is 0 Å². The second-order valence-electron chi connectivity index (χ2n) is 4.65. The van der Waals surface area contributed by atoms with E-state index in [1.807, 2.05) is 0 Å². The normalized spacial score (nSPS) is 11.3. The van der Waals surface area contributed by atoms with Gasteiger partial charge in [-0.05, 0) is 29.8 Å². The number of hydrogen-bond donors (Lipinski definition) is 2. The van der Waals surface area contributed by atoms with Crippen molar-refractivity contribution >= 4 is 22.6 Å². The minimum absolute atomic E-state index is 0.269. The van der Waals surface area contributed by atoms with Crippen LogP contribution >= 0.6 is 11.6 Å². The molecule has 0 unspecified atom stereocenters. The fraction of sp³-hybridized carbons (Fsp3) is 0.133. The van der Waals surface area contributed by atoms with Crippen LogP contribution in [0.2, 0.25) is 5.02 Å². The van der Waals surface area contributed by atoms with E-state index in [2.05, 4.69) is 9.97 Å². The molecule has 0 amide bonds. The minimum Gasteiger partial charge on any atom is -0.487 e. The van der Waals surface area contributed by atoms with E-state index in [0.29, 0.717) is 27.2 Å². The lowest BCUT2D eigenvalue weighted by molar-refractivity contribution is 0.0822. The predicted octanol–water partition coefficient (Wildman–Crippen LogP) is 3.82. The molecular weight excluding hydrogens is 314 g/mol. The molecule has 114 valence electrons. The highest BCUT2D eigenvalue weighted by Crippen LogP contribution is 2.37. The quantitative estimate of drug-likeness (QED) is 0.766. The van der Waals surface area contributed by atoms with Gasteiger partial charge in [-0.25, -0.2) is 13.6 Å². The predicted molar refractivity (Wildman–Crippen MR) is 80.9 cm³/mol. The molecule has 0 saturated heterocycles. The van der Waals surface area contributed by atoms with Crippen molar-refractivity contribution in [2.75, 3.05) is 6.61 Å². The zero-order chi connectivity index (χ0) is 15.7. The van der Waals surface area contributed by atoms with Gasteiger partial charge in [0.1, 0.15) is 12.4 Å². The van der Waals surface area contributed by atoms with Crippen LogP contribution in [-0.2, 0) is 0 Å². The standard InChI is InChI=1S/C15H11ClF2N2O2/c16-9-2-1-3-12(22-7-13(17)18)14(9)8-4-5-10-11(6-8)20-15(21)19-10/h1-6,13H,7H2,(H2,19,20,21). The molecule has 22 heavy (non-hydrogen) atoms. The Balaban J connectivity index is 2.09. The third kappa shape index (κ3) is 2.82. The van der Waals surface area contributed by atoms with Crippen molar-refractivity contribution in [2.24, 2.45) is 0 Å². The summed E-state index contributed by atoms with van der Waals surface area (Å²) in [6.07, 6.45) is -2.57. The van der Waals surface area contributed by atoms with Gasteiger partial charge in [0.2, 0.25) is 0 Å². The molecule has 0 fully saturated rings. The van der Waals surface area contributed by atoms with Gasteiger partial charge in [0.15, 0.2) is 0 Å². The van der Waals surface area contributed by atoms with Crippen LogP contribution < -0.4 is 10.4 Å². The van der Waals surface area contributed by atoms with Gasteiger partial charge in [-0.15, -0.1) is 0 Å². The Bertz CT molecular complexity index is 873. The molecule has 1 heterocycles. The SMILES string of the molecule is O=c1[nH]c2ccc(-c3c(Cl)cccc3OCC(F)F)cc2[nH]1. The molecule has 0 spiro atoms. The van der Waals surface area contributed by atoms with E-state index in [-0.39, 0.29) is 11.4 Å². The molecule has 3 rings (SSSR count). The Morgan fingerprint density at radius 3 is 2.68 bits per heavy atom. The Morgan fingerprint density at radius 2 is 1.91 bits per heavy atom. The zero-order valence-corrected chi connectivity index (χ0v) is 12.0. The Morgan fingerprint density at radius 1 is 1.14 bits per heavy atom. The first-order valence-electron chi connectivity index (χ1n) is 6.46. The molecule has 3 aromatic rings. The first-order chi connectivity index (χ1) is 10.5. The maximum atomic E-state index is 12.4. The van der Waals surface area contributed by atoms with Crippen molar-refractivity contribution in [3.63, 3.8) is 0 Å². The number of hydrogen-bond acceptors (Lipinski definition) is 2. The van der Waals surface area contributed by atoms with Gasteiger partial charge < -0.3 is 14.7 Å². The number of fused-ring (bicyclic) bond motifs is 1. The van der Waals surface area contributed by atoms with E-state index in [0.717, 1.165) is 0 Å². The van der Waals surface area contributed by atoms with Gasteiger partial charge in [0, 0.05) is 5.56 Å². The molecule has 7 heteroatoms. The maximum absolute atomic E-state index is 12.4. The lowest BCUT2D eigenvalue weighted by Crippen LogP contribution is -2.07. The average Bonchev–Trinajstić information content (AvgIpc) is 2.84. The molecule has 1 aromatic heterocycles. The molecule has 0 aliphatic rings. The number of rotatable bonds is 4. The molecule has 0 aliphatic carbocycles. The van der Waals surface area contributed by atoms with Crippen LogP contribution in [0.25, 0.3) is 22.2 Å². The van der Waals surface area contributed by atoms with E-state index in [9.17, 15) is 13.6 Å². The van der Waals surface area contributed by atoms with Crippen molar-refractivity contribution < 1.29 is 13.5 Å². The minimum atomic E-state index is -2.57. The second-order valence-corrected chi connectivity index (χ2v) is 5.06. The van der Waals surface area contributed by atoms with Gasteiger partial charge in [0.25, 0.3) is 6.43 Å². The largest absolute Gasteiger partial charge is 0.487 e. The maximum Gasteiger partial charge on any atom is 0.323 e. The summed E-state index contributed by atoms with van der Waals surface area (Å²) in [4.78, 5) is 16.6. The fourth-order valence-corrected chi connectivity index (χ4v) is 2.52. The monoisotopic (exact) mass is 324 g/mol. The summed E-state index contributed by atoms with van der Waals surface area (Å²) < 4.78 is 29.9. The molecule has 2 N–H and O–H groups in total. The summed E-state index contributed by atoms with van der Waals surface area (Å²) in [5.74, 6) is 0.269. The summed E-state index contributed by atoms with van der Waals surface area (Å²) in [5.41, 5.74) is 2.10. The number of benzene rings is 2. The average molecular weight is 325 g/mol. The highest BCUT2D eigenvalue weighted by atomic mass is 35.5. The number of nitrogens with one attached hydrogen (secondary N) is 2. The summed E-state index contributed by atoms with van der Waals surface area (Å²) in [6, 6.07) is 10.0. The Labute approximate surface area is 128 Å². The molecular formula is C15H11ClF2N2O2. The number of halogens is 3. The fourth-order valence-electron chi connectivity index (χ4n) is 2.25. The molecule has 0 aliphatic heterocycles. The van der Waals surface area contributed by atoms with Crippen molar-refractivity contribution in [3.8, 4) is 16.9 Å². The van der Waals surface area contributed by atoms with E-state index >= 15 is 0 Å². The number of H-pyrrole nitrogens is 2. The molecule has 0 bridgehead atoms. The van der Waals surface area contributed by atoms with Gasteiger partial charge in [-0.1, -0.05) is 23.7 Å². The summed E-state index contributed by atoms with van der Waals surface area (Å²) >= 11 is 6.19. The molecule has 0 atom stereocenters. The van der Waals surface area contributed by atoms with E-state index in [4.69, 9.17) is 16.3 Å². The van der Waals surface area contributed by atoms with Crippen LogP contribution in [0.15, 0.2) is 41.2 Å². The smallest absolute Gasteiger partial charge is 0.323 e. The topological polar surface area (TPSA) is 57.9 Å². The van der Waals surface area contributed by atoms with Gasteiger partial charge >= 0.3 is 5.69 Å². The van der Waals surface area contributed by atoms with Crippen molar-refractivity contribution in [1.82, 2.24) is 9.97 Å². The third-order valence-corrected chi connectivity index (χ3v) is 3.46. The van der Waals surface area contributed by atoms with Crippen LogP contribution in [0.5, 0.6) is 5.75 Å². The molecule has 0 radical (unpaired) electrons. The van der Waals surface area contributed by atoms with Gasteiger partial charge in [0.05, 0.1) is 16.1 Å². The lowest BCUT2D eigenvalue weighted by Gasteiger charge is -2.13. The Kier molecular flexibility index (Phi) is 3.85. The third-order valence-electron chi connectivity index (χ3n) is 3.14. The first kappa shape index (κ1) is 14.6. The number of ether oxygens (including phenoxy) is 1. The zero-order valence-electron chi connectivity index (χ0n) is 11.2. The van der Waals surface area contributed by atoms with Crippen LogP contribution in [0.4, 0.5) is 8.78 Å². The Hall–Kier alpha value is -2.34. The lowest BCUT2D eigenvalue weighted by atomic mass is 10.0. The summed E-state index contributed by atoms with van der Waals surface area (Å²) in [5, 5.41) is 0.379. The van der Waals surface area contributed by atoms with E-state index < -0.39 is 13.0 Å². The van der Waals surface area contributed by atoms with Crippen molar-refractivity contribution in [2.45, 2.75) is 6.43 Å². The van der Waals surface area contributed by atoms with Crippen molar-refractivity contribution in [3.05, 3.63) is 51.9 Å².